The van der Waals surface area contributed by atoms with Gasteiger partial charge in [0.05, 0.1) is 43.1 Å². The van der Waals surface area contributed by atoms with Gasteiger partial charge in [0.15, 0.2) is 11.5 Å². The highest BCUT2D eigenvalue weighted by Gasteiger charge is 2.65. The third kappa shape index (κ3) is 10.2. The second-order valence-electron chi connectivity index (χ2n) is 17.5. The number of methoxy groups -OCH3 is 2. The van der Waals surface area contributed by atoms with Gasteiger partial charge in [0, 0.05) is 61.9 Å². The molecule has 2 amide bonds. The molecule has 0 saturated heterocycles. The Kier molecular flexibility index (Phi) is 15.5. The number of carbonyl (C=O) groups is 2. The molecular weight excluding hydrogens is 905 g/mol. The molecule has 0 bridgehead atoms. The van der Waals surface area contributed by atoms with Crippen molar-refractivity contribution in [2.45, 2.75) is 69.3 Å². The molecule has 370 valence electrons. The number of fused-ring (bicyclic) bond motifs is 3. The second-order valence-corrected chi connectivity index (χ2v) is 17.5. The second kappa shape index (κ2) is 22.1. The molecule has 3 N–H and O–H groups in total. The zero-order valence-electron chi connectivity index (χ0n) is 39.4. The highest BCUT2D eigenvalue weighted by molar-refractivity contribution is 6.03. The number of aliphatic hydroxyl groups excluding tert-OH is 2. The molecule has 1 saturated carbocycles. The molecule has 2 heterocycles. The summed E-state index contributed by atoms with van der Waals surface area (Å²) < 4.78 is 42.3. The number of amides is 2. The predicted octanol–water partition coefficient (Wildman–Crippen LogP) is 8.56. The summed E-state index contributed by atoms with van der Waals surface area (Å²) in [6.45, 7) is 4.10. The van der Waals surface area contributed by atoms with Crippen molar-refractivity contribution in [3.8, 4) is 34.5 Å². The minimum Gasteiger partial charge on any atom is -0.497 e. The Bertz CT molecular complexity index is 2620. The van der Waals surface area contributed by atoms with Gasteiger partial charge in [-0.2, -0.15) is 0 Å². The number of nitro benzene ring substituents is 1. The molecule has 6 atom stereocenters. The monoisotopic (exact) mass is 962 g/mol. The Labute approximate surface area is 405 Å². The van der Waals surface area contributed by atoms with Crippen molar-refractivity contribution in [3.05, 3.63) is 130 Å². The normalized spacial score (nSPS) is 22.1. The van der Waals surface area contributed by atoms with Crippen molar-refractivity contribution < 1.29 is 62.7 Å². The number of non-ortho nitro benzene ring substituents is 1. The van der Waals surface area contributed by atoms with Gasteiger partial charge in [-0.15, -0.1) is 6.58 Å². The third-order valence-electron chi connectivity index (χ3n) is 13.5. The minimum atomic E-state index is -1.56. The molecular formula is C52H58N4O14. The van der Waals surface area contributed by atoms with Crippen LogP contribution in [0.25, 0.3) is 0 Å². The molecule has 0 radical (unpaired) electrons. The molecule has 8 rings (SSSR count). The predicted molar refractivity (Wildman–Crippen MR) is 257 cm³/mol. The Morgan fingerprint density at radius 1 is 0.929 bits per heavy atom. The Hall–Kier alpha value is -7.15. The Balaban J connectivity index is 1.26. The molecule has 18 heteroatoms. The molecule has 0 aromatic heterocycles. The van der Waals surface area contributed by atoms with Gasteiger partial charge in [-0.1, -0.05) is 30.1 Å². The Morgan fingerprint density at radius 2 is 1.67 bits per heavy atom. The highest BCUT2D eigenvalue weighted by atomic mass is 16.7. The molecule has 70 heavy (non-hydrogen) atoms. The maximum absolute atomic E-state index is 14.8. The summed E-state index contributed by atoms with van der Waals surface area (Å²) in [6.07, 6.45) is 7.13. The van der Waals surface area contributed by atoms with Crippen LogP contribution >= 0.6 is 0 Å². The largest absolute Gasteiger partial charge is 0.497 e. The van der Waals surface area contributed by atoms with Crippen molar-refractivity contribution in [1.29, 1.82) is 0 Å². The van der Waals surface area contributed by atoms with E-state index in [9.17, 15) is 29.9 Å². The van der Waals surface area contributed by atoms with E-state index < -0.39 is 34.7 Å². The Morgan fingerprint density at radius 3 is 2.40 bits per heavy atom. The summed E-state index contributed by atoms with van der Waals surface area (Å²) >= 11 is 0. The third-order valence-corrected chi connectivity index (χ3v) is 13.5. The van der Waals surface area contributed by atoms with E-state index in [2.05, 4.69) is 18.0 Å². The highest BCUT2D eigenvalue weighted by Crippen LogP contribution is 2.62. The smallest absolute Gasteiger partial charge is 0.417 e. The van der Waals surface area contributed by atoms with Crippen molar-refractivity contribution >= 4 is 29.1 Å². The zero-order valence-corrected chi connectivity index (χ0v) is 39.4. The molecule has 4 aliphatic rings. The number of likely N-dealkylation sites (N-methyl/N-ethyl adjacent to an activating group) is 1. The number of rotatable bonds is 21. The van der Waals surface area contributed by atoms with Gasteiger partial charge in [-0.25, -0.2) is 4.79 Å². The summed E-state index contributed by atoms with van der Waals surface area (Å²) in [7, 11) is 4.71. The molecule has 0 spiro atoms. The van der Waals surface area contributed by atoms with Gasteiger partial charge in [0.25, 0.3) is 11.6 Å². The molecule has 4 aromatic carbocycles. The van der Waals surface area contributed by atoms with Crippen LogP contribution in [0.2, 0.25) is 0 Å². The fourth-order valence-electron chi connectivity index (χ4n) is 10.2. The van der Waals surface area contributed by atoms with Crippen LogP contribution in [0.15, 0.2) is 108 Å². The topological polar surface area (TPSA) is 219 Å². The number of nitro groups is 1. The van der Waals surface area contributed by atoms with E-state index in [4.69, 9.17) is 43.2 Å². The van der Waals surface area contributed by atoms with Crippen molar-refractivity contribution in [1.82, 2.24) is 4.90 Å². The first-order valence-corrected chi connectivity index (χ1v) is 23.3. The number of hydrogen-bond donors (Lipinski definition) is 3. The number of unbranched alkanes of at least 4 members (excludes halogenated alkanes) is 2. The number of allylic oxidation sites excluding steroid dienone is 1. The average molecular weight is 963 g/mol. The number of oxime groups is 1. The SMILES string of the molecule is C=CCO[C@@]12Oc3ccc(OC(=O)Nc4ccc(OC)cc4OC)cc3[C@H]3[C@H](CCCCO)[C@@H](CCCCO)C=C(C(=NOCc4ccc([N+](=O)[O-])cc4)C[C@@H]1N(C)C(=O)c1ccc4c(c1)OCO4)[C@H]32. The van der Waals surface area contributed by atoms with E-state index in [0.29, 0.717) is 83.4 Å². The van der Waals surface area contributed by atoms with E-state index in [1.165, 1.54) is 26.4 Å². The minimum absolute atomic E-state index is 0.00693. The number of carbonyl (C=O) groups excluding carboxylic acids is 2. The summed E-state index contributed by atoms with van der Waals surface area (Å²) in [5, 5.41) is 39.0. The van der Waals surface area contributed by atoms with Crippen LogP contribution < -0.4 is 33.7 Å². The lowest BCUT2D eigenvalue weighted by atomic mass is 9.55. The van der Waals surface area contributed by atoms with Crippen molar-refractivity contribution in [2.75, 3.05) is 53.2 Å². The first-order chi connectivity index (χ1) is 34.0. The van der Waals surface area contributed by atoms with E-state index in [1.807, 2.05) is 6.07 Å². The summed E-state index contributed by atoms with van der Waals surface area (Å²) in [6, 6.07) is 20.4. The van der Waals surface area contributed by atoms with Gasteiger partial charge in [0.1, 0.15) is 35.6 Å². The lowest BCUT2D eigenvalue weighted by molar-refractivity contribution is -0.384. The standard InChI is InChI=1S/C52H58N4O14/c1-5-24-67-52-47(55(2)50(59)34-14-20-44-46(26-34)66-31-65-44)29-42(54-68-30-32-12-15-35(16-13-32)56(61)62)39-25-33(10-6-8-22-57)38(11-7-9-23-58)48(49(39)52)40-27-37(18-21-43(40)70-52)69-51(60)53-41-19-17-36(63-3)28-45(41)64-4/h5,12-21,25-28,33,38,47-49,57-58H,1,6-11,22-24,29-31H2,2-4H3,(H,53,60)/t33-,38+,47-,48+,49+,52+/m0/s1. The number of ether oxygens (including phenoxy) is 7. The summed E-state index contributed by atoms with van der Waals surface area (Å²) in [5.41, 5.74) is 3.36. The van der Waals surface area contributed by atoms with Crippen LogP contribution in [-0.4, -0.2) is 97.5 Å². The molecule has 18 nitrogen and oxygen atoms in total. The quantitative estimate of drug-likeness (QED) is 0.0308. The van der Waals surface area contributed by atoms with Crippen LogP contribution in [0, 0.1) is 27.9 Å². The molecule has 0 unspecified atom stereocenters. The van der Waals surface area contributed by atoms with Crippen LogP contribution in [0.4, 0.5) is 16.2 Å². The fourth-order valence-corrected chi connectivity index (χ4v) is 10.2. The van der Waals surface area contributed by atoms with E-state index in [1.54, 1.807) is 78.7 Å². The number of nitrogens with one attached hydrogen (secondary N) is 1. The lowest BCUT2D eigenvalue weighted by Crippen LogP contribution is -2.69. The number of hydrogen-bond acceptors (Lipinski definition) is 15. The first-order valence-electron chi connectivity index (χ1n) is 23.3. The van der Waals surface area contributed by atoms with Gasteiger partial charge < -0.3 is 53.1 Å². The van der Waals surface area contributed by atoms with E-state index >= 15 is 0 Å². The van der Waals surface area contributed by atoms with Crippen LogP contribution in [0.5, 0.6) is 34.5 Å². The summed E-state index contributed by atoms with van der Waals surface area (Å²) in [5.74, 6) is -0.620. The number of aliphatic hydroxyl groups is 2. The van der Waals surface area contributed by atoms with Crippen molar-refractivity contribution in [2.24, 2.45) is 22.9 Å². The number of benzene rings is 4. The number of nitrogens with zero attached hydrogens (tertiary/aromatic N) is 3. The van der Waals surface area contributed by atoms with Crippen LogP contribution in [-0.2, 0) is 16.2 Å². The van der Waals surface area contributed by atoms with Gasteiger partial charge >= 0.3 is 6.09 Å². The summed E-state index contributed by atoms with van der Waals surface area (Å²) in [4.78, 5) is 47.1. The van der Waals surface area contributed by atoms with Gasteiger partial charge in [-0.05, 0) is 109 Å². The lowest BCUT2D eigenvalue weighted by Gasteiger charge is -2.59. The van der Waals surface area contributed by atoms with Gasteiger partial charge in [0.2, 0.25) is 12.6 Å². The zero-order chi connectivity index (χ0) is 49.4. The molecule has 4 aromatic rings. The molecule has 1 fully saturated rings. The fraction of sp³-hybridized carbons (Fsp3) is 0.404. The van der Waals surface area contributed by atoms with E-state index in [-0.39, 0.29) is 68.8 Å². The van der Waals surface area contributed by atoms with Gasteiger partial charge in [-0.3, -0.25) is 20.2 Å². The molecule has 2 aliphatic carbocycles. The first kappa shape index (κ1) is 49.3. The van der Waals surface area contributed by atoms with Crippen LogP contribution in [0.3, 0.4) is 0 Å². The van der Waals surface area contributed by atoms with Crippen LogP contribution in [0.1, 0.15) is 72.3 Å². The average Bonchev–Trinajstić information content (AvgIpc) is 3.85. The number of anilines is 1. The molecule has 2 aliphatic heterocycles. The van der Waals surface area contributed by atoms with Crippen molar-refractivity contribution in [3.63, 3.8) is 0 Å². The van der Waals surface area contributed by atoms with E-state index in [0.717, 1.165) is 17.6 Å². The maximum Gasteiger partial charge on any atom is 0.417 e. The maximum atomic E-state index is 14.8.